The maximum Gasteiger partial charge on any atom is 0.0944 e. The molecule has 0 aromatic carbocycles. The summed E-state index contributed by atoms with van der Waals surface area (Å²) in [6.45, 7) is 0. The third-order valence-electron chi connectivity index (χ3n) is 1.95. The molecule has 0 radical (unpaired) electrons. The molecule has 2 heterocycles. The largest absolute Gasteiger partial charge is 0.271 e. The number of nitrogens with two attached hydrogens (primary N) is 1. The molecule has 1 unspecified atom stereocenters. The topological polar surface area (TPSA) is 50.9 Å². The van der Waals surface area contributed by atoms with Crippen LogP contribution in [0.1, 0.15) is 15.9 Å². The zero-order valence-corrected chi connectivity index (χ0v) is 9.15. The van der Waals surface area contributed by atoms with Crippen LogP contribution in [0.5, 0.6) is 0 Å². The lowest BCUT2D eigenvalue weighted by Crippen LogP contribution is -2.28. The number of hydrazine groups is 1. The SMILES string of the molecule is NNC(Cc1nccs1)c1cccs1. The van der Waals surface area contributed by atoms with Crippen molar-refractivity contribution in [2.45, 2.75) is 12.5 Å². The molecule has 0 fully saturated rings. The monoisotopic (exact) mass is 225 g/mol. The van der Waals surface area contributed by atoms with E-state index in [1.165, 1.54) is 4.88 Å². The van der Waals surface area contributed by atoms with Crippen LogP contribution in [0.2, 0.25) is 0 Å². The Morgan fingerprint density at radius 3 is 2.93 bits per heavy atom. The highest BCUT2D eigenvalue weighted by Crippen LogP contribution is 2.22. The molecule has 0 saturated carbocycles. The smallest absolute Gasteiger partial charge is 0.0944 e. The first kappa shape index (κ1) is 9.79. The van der Waals surface area contributed by atoms with Gasteiger partial charge in [-0.25, -0.2) is 4.98 Å². The summed E-state index contributed by atoms with van der Waals surface area (Å²) in [6, 6.07) is 4.30. The Morgan fingerprint density at radius 1 is 1.43 bits per heavy atom. The number of rotatable bonds is 4. The second-order valence-electron chi connectivity index (χ2n) is 2.86. The van der Waals surface area contributed by atoms with E-state index in [0.29, 0.717) is 0 Å². The molecule has 0 bridgehead atoms. The lowest BCUT2D eigenvalue weighted by atomic mass is 10.2. The molecular formula is C9H11N3S2. The Balaban J connectivity index is 2.08. The number of nitrogens with zero attached hydrogens (tertiary/aromatic N) is 1. The third kappa shape index (κ3) is 2.19. The van der Waals surface area contributed by atoms with Crippen LogP contribution in [0.25, 0.3) is 0 Å². The number of aromatic nitrogens is 1. The summed E-state index contributed by atoms with van der Waals surface area (Å²) < 4.78 is 0. The summed E-state index contributed by atoms with van der Waals surface area (Å²) in [5.74, 6) is 5.51. The maximum absolute atomic E-state index is 5.51. The number of thiophene rings is 1. The first-order valence-corrected chi connectivity index (χ1v) is 6.04. The van der Waals surface area contributed by atoms with Gasteiger partial charge in [0.25, 0.3) is 0 Å². The lowest BCUT2D eigenvalue weighted by molar-refractivity contribution is 0.559. The van der Waals surface area contributed by atoms with Crippen molar-refractivity contribution in [3.05, 3.63) is 39.0 Å². The van der Waals surface area contributed by atoms with E-state index in [1.54, 1.807) is 22.7 Å². The van der Waals surface area contributed by atoms with Gasteiger partial charge in [-0.2, -0.15) is 0 Å². The Hall–Kier alpha value is -0.750. The van der Waals surface area contributed by atoms with E-state index in [4.69, 9.17) is 5.84 Å². The van der Waals surface area contributed by atoms with Crippen LogP contribution in [0, 0.1) is 0 Å². The minimum absolute atomic E-state index is 0.182. The van der Waals surface area contributed by atoms with Crippen molar-refractivity contribution in [1.82, 2.24) is 10.4 Å². The molecule has 2 aromatic rings. The fraction of sp³-hybridized carbons (Fsp3) is 0.222. The molecule has 0 aliphatic heterocycles. The highest BCUT2D eigenvalue weighted by molar-refractivity contribution is 7.10. The molecule has 0 aliphatic carbocycles. The molecule has 0 spiro atoms. The van der Waals surface area contributed by atoms with Gasteiger partial charge < -0.3 is 0 Å². The normalized spacial score (nSPS) is 12.9. The summed E-state index contributed by atoms with van der Waals surface area (Å²) in [7, 11) is 0. The average Bonchev–Trinajstić information content (AvgIpc) is 2.86. The second-order valence-corrected chi connectivity index (χ2v) is 4.82. The quantitative estimate of drug-likeness (QED) is 0.617. The van der Waals surface area contributed by atoms with E-state index in [-0.39, 0.29) is 6.04 Å². The van der Waals surface area contributed by atoms with Crippen molar-refractivity contribution in [2.75, 3.05) is 0 Å². The lowest BCUT2D eigenvalue weighted by Gasteiger charge is -2.11. The van der Waals surface area contributed by atoms with Crippen LogP contribution in [0.3, 0.4) is 0 Å². The van der Waals surface area contributed by atoms with Crippen LogP contribution in [0.15, 0.2) is 29.1 Å². The first-order chi connectivity index (χ1) is 6.90. The zero-order valence-electron chi connectivity index (χ0n) is 7.51. The Kier molecular flexibility index (Phi) is 3.26. The number of hydrogen-bond donors (Lipinski definition) is 2. The first-order valence-electron chi connectivity index (χ1n) is 4.28. The minimum Gasteiger partial charge on any atom is -0.271 e. The standard InChI is InChI=1S/C9H11N3S2/c10-12-7(8-2-1-4-13-8)6-9-11-3-5-14-9/h1-5,7,12H,6,10H2. The van der Waals surface area contributed by atoms with Gasteiger partial charge in [-0.3, -0.25) is 11.3 Å². The minimum atomic E-state index is 0.182. The van der Waals surface area contributed by atoms with Crippen molar-refractivity contribution in [1.29, 1.82) is 0 Å². The highest BCUT2D eigenvalue weighted by atomic mass is 32.1. The van der Waals surface area contributed by atoms with Gasteiger partial charge >= 0.3 is 0 Å². The van der Waals surface area contributed by atoms with Gasteiger partial charge in [0, 0.05) is 22.9 Å². The van der Waals surface area contributed by atoms with Crippen molar-refractivity contribution in [2.24, 2.45) is 5.84 Å². The molecule has 2 aromatic heterocycles. The Labute approximate surface area is 90.6 Å². The summed E-state index contributed by atoms with van der Waals surface area (Å²) in [5, 5.41) is 5.15. The van der Waals surface area contributed by atoms with E-state index in [9.17, 15) is 0 Å². The van der Waals surface area contributed by atoms with Gasteiger partial charge in [0.2, 0.25) is 0 Å². The predicted octanol–water partition coefficient (Wildman–Crippen LogP) is 1.95. The predicted molar refractivity (Wildman–Crippen MR) is 60.2 cm³/mol. The van der Waals surface area contributed by atoms with E-state index in [0.717, 1.165) is 11.4 Å². The van der Waals surface area contributed by atoms with Gasteiger partial charge in [-0.15, -0.1) is 22.7 Å². The number of thiazole rings is 1. The summed E-state index contributed by atoms with van der Waals surface area (Å²) in [5.41, 5.74) is 2.82. The average molecular weight is 225 g/mol. The van der Waals surface area contributed by atoms with Crippen molar-refractivity contribution in [3.63, 3.8) is 0 Å². The Morgan fingerprint density at radius 2 is 2.36 bits per heavy atom. The van der Waals surface area contributed by atoms with Crippen molar-refractivity contribution in [3.8, 4) is 0 Å². The molecule has 0 saturated heterocycles. The molecule has 5 heteroatoms. The molecule has 3 nitrogen and oxygen atoms in total. The number of hydrogen-bond acceptors (Lipinski definition) is 5. The molecule has 74 valence electrons. The summed E-state index contributed by atoms with van der Waals surface area (Å²) >= 11 is 3.37. The van der Waals surface area contributed by atoms with Crippen LogP contribution in [-0.2, 0) is 6.42 Å². The number of nitrogens with one attached hydrogen (secondary N) is 1. The van der Waals surface area contributed by atoms with Gasteiger partial charge in [0.15, 0.2) is 0 Å². The second kappa shape index (κ2) is 4.65. The molecule has 2 rings (SSSR count). The van der Waals surface area contributed by atoms with Crippen LogP contribution >= 0.6 is 22.7 Å². The molecule has 14 heavy (non-hydrogen) atoms. The van der Waals surface area contributed by atoms with Gasteiger partial charge in [0.05, 0.1) is 11.0 Å². The molecule has 0 amide bonds. The van der Waals surface area contributed by atoms with E-state index < -0.39 is 0 Å². The fourth-order valence-electron chi connectivity index (χ4n) is 1.26. The van der Waals surface area contributed by atoms with Gasteiger partial charge in [0.1, 0.15) is 0 Å². The van der Waals surface area contributed by atoms with E-state index >= 15 is 0 Å². The maximum atomic E-state index is 5.51. The van der Waals surface area contributed by atoms with Crippen molar-refractivity contribution >= 4 is 22.7 Å². The van der Waals surface area contributed by atoms with Crippen LogP contribution < -0.4 is 11.3 Å². The van der Waals surface area contributed by atoms with Crippen LogP contribution in [-0.4, -0.2) is 4.98 Å². The third-order valence-corrected chi connectivity index (χ3v) is 3.74. The summed E-state index contributed by atoms with van der Waals surface area (Å²) in [6.07, 6.45) is 2.68. The fourth-order valence-corrected chi connectivity index (χ4v) is 2.71. The van der Waals surface area contributed by atoms with E-state index in [2.05, 4.69) is 21.9 Å². The molecule has 3 N–H and O–H groups in total. The van der Waals surface area contributed by atoms with E-state index in [1.807, 2.05) is 17.6 Å². The van der Waals surface area contributed by atoms with Gasteiger partial charge in [-0.1, -0.05) is 6.07 Å². The van der Waals surface area contributed by atoms with Crippen LogP contribution in [0.4, 0.5) is 0 Å². The van der Waals surface area contributed by atoms with Crippen molar-refractivity contribution < 1.29 is 0 Å². The highest BCUT2D eigenvalue weighted by Gasteiger charge is 2.12. The van der Waals surface area contributed by atoms with Gasteiger partial charge in [-0.05, 0) is 11.4 Å². The Bertz CT molecular complexity index is 355. The molecule has 0 aliphatic rings. The zero-order chi connectivity index (χ0) is 9.80. The summed E-state index contributed by atoms with van der Waals surface area (Å²) in [4.78, 5) is 5.49. The molecular weight excluding hydrogens is 214 g/mol. The molecule has 1 atom stereocenters.